The number of fused-ring (bicyclic) bond motifs is 10. The van der Waals surface area contributed by atoms with Crippen molar-refractivity contribution in [2.24, 2.45) is 29.1 Å². The Labute approximate surface area is 393 Å². The highest BCUT2D eigenvalue weighted by atomic mass is 15.1. The van der Waals surface area contributed by atoms with Crippen LogP contribution >= 0.6 is 0 Å². The SMILES string of the molecule is CC(C)(C)c1cc(-c2cc3c(cc2N(c2ccc4c(c2)C(C)(C)CCC4(C)C)c2ccc4c(c2)C(C)(C)CCC4(C)C)C2(c4ccccc4-3)C3CC4CC5CC2C53C4)cc(C(C)(C)C)c1. The van der Waals surface area contributed by atoms with Crippen LogP contribution in [0.1, 0.15) is 193 Å². The quantitative estimate of drug-likeness (QED) is 0.174. The Morgan fingerprint density at radius 1 is 0.462 bits per heavy atom. The van der Waals surface area contributed by atoms with Gasteiger partial charge in [0.1, 0.15) is 0 Å². The van der Waals surface area contributed by atoms with Gasteiger partial charge < -0.3 is 4.90 Å². The molecule has 0 heterocycles. The van der Waals surface area contributed by atoms with Crippen molar-refractivity contribution in [3.8, 4) is 22.3 Å². The molecule has 1 nitrogen and oxygen atoms in total. The van der Waals surface area contributed by atoms with E-state index in [4.69, 9.17) is 0 Å². The second kappa shape index (κ2) is 12.9. The molecule has 4 fully saturated rings. The molecule has 0 N–H and O–H groups in total. The van der Waals surface area contributed by atoms with E-state index >= 15 is 0 Å². The van der Waals surface area contributed by atoms with Gasteiger partial charge in [0.15, 0.2) is 0 Å². The molecule has 0 aromatic heterocycles. The summed E-state index contributed by atoms with van der Waals surface area (Å²) in [6.45, 7) is 34.3. The molecule has 6 atom stereocenters. The maximum absolute atomic E-state index is 2.81. The smallest absolute Gasteiger partial charge is 0.0543 e. The molecule has 0 amide bonds. The van der Waals surface area contributed by atoms with Crippen LogP contribution in [0, 0.1) is 29.1 Å². The molecule has 65 heavy (non-hydrogen) atoms. The van der Waals surface area contributed by atoms with Crippen LogP contribution in [-0.2, 0) is 37.9 Å². The van der Waals surface area contributed by atoms with Crippen LogP contribution in [-0.4, -0.2) is 0 Å². The van der Waals surface area contributed by atoms with Gasteiger partial charge in [0, 0.05) is 22.4 Å². The number of benzene rings is 5. The largest absolute Gasteiger partial charge is 0.310 e. The lowest BCUT2D eigenvalue weighted by Crippen LogP contribution is -2.73. The lowest BCUT2D eigenvalue weighted by Gasteiger charge is -2.76. The zero-order valence-corrected chi connectivity index (χ0v) is 42.6. The molecular weight excluding hydrogens is 783 g/mol. The summed E-state index contributed by atoms with van der Waals surface area (Å²) in [7, 11) is 0. The van der Waals surface area contributed by atoms with E-state index in [-0.39, 0.29) is 37.9 Å². The van der Waals surface area contributed by atoms with Crippen LogP contribution in [0.25, 0.3) is 22.3 Å². The lowest BCUT2D eigenvalue weighted by molar-refractivity contribution is -0.231. The molecule has 6 unspecified atom stereocenters. The van der Waals surface area contributed by atoms with E-state index in [2.05, 4.69) is 193 Å². The number of hydrogen-bond donors (Lipinski definition) is 0. The van der Waals surface area contributed by atoms with Gasteiger partial charge >= 0.3 is 0 Å². The highest BCUT2D eigenvalue weighted by Gasteiger charge is 2.84. The normalized spacial score (nSPS) is 29.8. The Morgan fingerprint density at radius 2 is 0.985 bits per heavy atom. The molecule has 0 radical (unpaired) electrons. The van der Waals surface area contributed by atoms with E-state index < -0.39 is 0 Å². The molecule has 0 aliphatic heterocycles. The summed E-state index contributed by atoms with van der Waals surface area (Å²) < 4.78 is 0. The van der Waals surface area contributed by atoms with E-state index in [0.717, 1.165) is 23.7 Å². The number of rotatable bonds is 4. The van der Waals surface area contributed by atoms with Crippen molar-refractivity contribution >= 4 is 17.1 Å². The van der Waals surface area contributed by atoms with Crippen LogP contribution in [0.4, 0.5) is 17.1 Å². The van der Waals surface area contributed by atoms with Crippen molar-refractivity contribution in [1.82, 2.24) is 0 Å². The van der Waals surface area contributed by atoms with Gasteiger partial charge in [-0.15, -0.1) is 0 Å². The number of anilines is 3. The first-order valence-corrected chi connectivity index (χ1v) is 25.9. The van der Waals surface area contributed by atoms with Crippen LogP contribution < -0.4 is 4.90 Å². The van der Waals surface area contributed by atoms with Crippen LogP contribution in [0.5, 0.6) is 0 Å². The second-order valence-corrected chi connectivity index (χ2v) is 27.7. The maximum atomic E-state index is 2.81. The minimum Gasteiger partial charge on any atom is -0.310 e. The Kier molecular flexibility index (Phi) is 8.39. The summed E-state index contributed by atoms with van der Waals surface area (Å²) in [5, 5.41) is 0. The Morgan fingerprint density at radius 3 is 1.52 bits per heavy atom. The molecule has 338 valence electrons. The van der Waals surface area contributed by atoms with Gasteiger partial charge in [0.05, 0.1) is 5.69 Å². The van der Waals surface area contributed by atoms with E-state index in [1.54, 1.807) is 11.1 Å². The zero-order valence-electron chi connectivity index (χ0n) is 42.6. The average molecular weight is 860 g/mol. The molecule has 2 bridgehead atoms. The van der Waals surface area contributed by atoms with E-state index in [0.29, 0.717) is 5.41 Å². The standard InChI is InChI=1S/C64H77N/c1-57(2,3)40-29-39(30-41(31-40)58(4,5)6)46-35-47-45-17-15-16-18-48(45)64(55-28-38-27-42-32-56(64)63(42,55)37-38)51(47)36-54(46)65(43-19-21-49-52(33-43)61(11,12)25-23-59(49,7)8)44-20-22-50-53(34-44)62(13,14)26-24-60(50,9)10/h15-22,29-31,33-36,38,42,55-56H,23-28,32,37H2,1-14H3. The summed E-state index contributed by atoms with van der Waals surface area (Å²) in [6.07, 6.45) is 10.6. The Hall–Kier alpha value is -4.10. The average Bonchev–Trinajstić information content (AvgIpc) is 3.87. The van der Waals surface area contributed by atoms with Crippen molar-refractivity contribution in [1.29, 1.82) is 0 Å². The minimum atomic E-state index is -0.000194. The van der Waals surface area contributed by atoms with Gasteiger partial charge in [-0.25, -0.2) is 0 Å². The minimum absolute atomic E-state index is 0.000194. The van der Waals surface area contributed by atoms with Gasteiger partial charge in [-0.2, -0.15) is 0 Å². The monoisotopic (exact) mass is 860 g/mol. The van der Waals surface area contributed by atoms with Crippen molar-refractivity contribution in [2.45, 2.75) is 186 Å². The molecule has 7 aliphatic rings. The highest BCUT2D eigenvalue weighted by Crippen LogP contribution is 2.89. The van der Waals surface area contributed by atoms with Crippen LogP contribution in [0.3, 0.4) is 0 Å². The molecule has 1 heteroatoms. The first-order valence-electron chi connectivity index (χ1n) is 25.9. The summed E-state index contributed by atoms with van der Waals surface area (Å²) in [6, 6.07) is 38.3. The van der Waals surface area contributed by atoms with Crippen molar-refractivity contribution in [3.63, 3.8) is 0 Å². The molecule has 0 saturated heterocycles. The summed E-state index contributed by atoms with van der Waals surface area (Å²) in [5.41, 5.74) is 23.0. The fraction of sp³-hybridized carbons (Fsp3) is 0.531. The third-order valence-corrected chi connectivity index (χ3v) is 20.2. The molecule has 12 rings (SSSR count). The second-order valence-electron chi connectivity index (χ2n) is 27.7. The first kappa shape index (κ1) is 42.3. The summed E-state index contributed by atoms with van der Waals surface area (Å²) in [4.78, 5) is 2.77. The fourth-order valence-corrected chi connectivity index (χ4v) is 16.3. The van der Waals surface area contributed by atoms with Crippen LogP contribution in [0.2, 0.25) is 0 Å². The van der Waals surface area contributed by atoms with Gasteiger partial charge in [-0.1, -0.05) is 152 Å². The predicted molar refractivity (Wildman–Crippen MR) is 276 cm³/mol. The van der Waals surface area contributed by atoms with Gasteiger partial charge in [0.25, 0.3) is 0 Å². The van der Waals surface area contributed by atoms with E-state index in [1.807, 2.05) is 0 Å². The molecule has 5 aromatic carbocycles. The third kappa shape index (κ3) is 5.57. The Balaban J connectivity index is 1.19. The maximum Gasteiger partial charge on any atom is 0.0543 e. The number of nitrogens with zero attached hydrogens (tertiary/aromatic N) is 1. The first-order chi connectivity index (χ1) is 30.4. The van der Waals surface area contributed by atoms with Crippen molar-refractivity contribution < 1.29 is 0 Å². The van der Waals surface area contributed by atoms with E-state index in [9.17, 15) is 0 Å². The third-order valence-electron chi connectivity index (χ3n) is 20.2. The molecular formula is C64H77N. The predicted octanol–water partition coefficient (Wildman–Crippen LogP) is 17.4. The van der Waals surface area contributed by atoms with Crippen LogP contribution in [0.15, 0.2) is 91.0 Å². The topological polar surface area (TPSA) is 3.24 Å². The molecule has 5 aromatic rings. The fourth-order valence-electron chi connectivity index (χ4n) is 16.3. The van der Waals surface area contributed by atoms with Gasteiger partial charge in [-0.3, -0.25) is 0 Å². The van der Waals surface area contributed by atoms with Crippen molar-refractivity contribution in [3.05, 3.63) is 136 Å². The Bertz CT molecular complexity index is 2730. The van der Waals surface area contributed by atoms with E-state index in [1.165, 1.54) is 124 Å². The molecule has 4 saturated carbocycles. The molecule has 7 aliphatic carbocycles. The molecule has 2 spiro atoms. The lowest BCUT2D eigenvalue weighted by atomic mass is 9.27. The highest BCUT2D eigenvalue weighted by molar-refractivity contribution is 5.96. The summed E-state index contributed by atoms with van der Waals surface area (Å²) in [5.74, 6) is 3.38. The van der Waals surface area contributed by atoms with Crippen molar-refractivity contribution in [2.75, 3.05) is 4.90 Å². The van der Waals surface area contributed by atoms with Gasteiger partial charge in [0.2, 0.25) is 0 Å². The zero-order chi connectivity index (χ0) is 45.8. The van der Waals surface area contributed by atoms with Gasteiger partial charge in [-0.05, 0) is 211 Å². The number of hydrogen-bond acceptors (Lipinski definition) is 1. The summed E-state index contributed by atoms with van der Waals surface area (Å²) >= 11 is 0.